The van der Waals surface area contributed by atoms with Crippen LogP contribution in [0.25, 0.3) is 10.9 Å². The first-order valence-corrected chi connectivity index (χ1v) is 11.5. The molecular weight excluding hydrogens is 451 g/mol. The van der Waals surface area contributed by atoms with Gasteiger partial charge in [-0.05, 0) is 29.5 Å². The summed E-state index contributed by atoms with van der Waals surface area (Å²) in [6.45, 7) is 0.318. The minimum atomic E-state index is -4.39. The molecule has 1 aromatic carbocycles. The third-order valence-electron chi connectivity index (χ3n) is 6.18. The first kappa shape index (κ1) is 21.6. The van der Waals surface area contributed by atoms with Gasteiger partial charge in [0.15, 0.2) is 0 Å². The summed E-state index contributed by atoms with van der Waals surface area (Å²) in [5.74, 6) is -1.73. The summed E-state index contributed by atoms with van der Waals surface area (Å²) in [4.78, 5) is 17.1. The van der Waals surface area contributed by atoms with Crippen LogP contribution in [0.4, 0.5) is 18.0 Å². The average Bonchev–Trinajstić information content (AvgIpc) is 3.54. The maximum Gasteiger partial charge on any atom is 0.395 e. The number of fused-ring (bicyclic) bond motifs is 2. The first-order chi connectivity index (χ1) is 15.9. The fourth-order valence-corrected chi connectivity index (χ4v) is 5.46. The van der Waals surface area contributed by atoms with Crippen LogP contribution in [0.2, 0.25) is 0 Å². The average molecular weight is 474 g/mol. The minimum absolute atomic E-state index is 0.0830. The molecule has 4 N–H and O–H groups in total. The van der Waals surface area contributed by atoms with Crippen LogP contribution in [0.3, 0.4) is 0 Å². The smallest absolute Gasteiger partial charge is 0.361 e. The van der Waals surface area contributed by atoms with Crippen LogP contribution in [-0.4, -0.2) is 40.0 Å². The van der Waals surface area contributed by atoms with E-state index >= 15 is 0 Å². The molecule has 0 saturated heterocycles. The Balaban J connectivity index is 1.29. The standard InChI is InChI=1S/C23H22F3N5OS/c24-23(25,26)18-8-13(9-20-17(18)12-29-31-20)30-22(32)28-11-16(21-6-3-7-33-21)15-10-27-19-5-2-1-4-14(15)19/h1-7,10,12-13,16,18,27H,8-9,11H2,(H,29,31)(H2,28,30,32). The van der Waals surface area contributed by atoms with Crippen molar-refractivity contribution in [3.05, 3.63) is 75.9 Å². The van der Waals surface area contributed by atoms with Crippen molar-refractivity contribution < 1.29 is 18.0 Å². The minimum Gasteiger partial charge on any atom is -0.361 e. The van der Waals surface area contributed by atoms with Gasteiger partial charge >= 0.3 is 12.2 Å². The number of urea groups is 1. The molecule has 172 valence electrons. The summed E-state index contributed by atoms with van der Waals surface area (Å²) in [6.07, 6.45) is -1.14. The number of nitrogens with zero attached hydrogens (tertiary/aromatic N) is 1. The molecule has 1 aliphatic carbocycles. The molecule has 6 nitrogen and oxygen atoms in total. The van der Waals surface area contributed by atoms with E-state index in [0.29, 0.717) is 12.2 Å². The molecule has 5 rings (SSSR count). The number of H-pyrrole nitrogens is 2. The lowest BCUT2D eigenvalue weighted by Crippen LogP contribution is -2.47. The number of carbonyl (C=O) groups is 1. The normalized spacial score (nSPS) is 19.2. The summed E-state index contributed by atoms with van der Waals surface area (Å²) in [5.41, 5.74) is 2.65. The topological polar surface area (TPSA) is 85.6 Å². The third kappa shape index (κ3) is 4.35. The van der Waals surface area contributed by atoms with Crippen molar-refractivity contribution in [3.63, 3.8) is 0 Å². The molecule has 0 saturated carbocycles. The Bertz CT molecular complexity index is 1250. The fourth-order valence-electron chi connectivity index (χ4n) is 4.61. The number of hydrogen-bond donors (Lipinski definition) is 4. The molecule has 0 aliphatic heterocycles. The van der Waals surface area contributed by atoms with Crippen molar-refractivity contribution in [1.82, 2.24) is 25.8 Å². The van der Waals surface area contributed by atoms with Gasteiger partial charge in [-0.3, -0.25) is 5.10 Å². The summed E-state index contributed by atoms with van der Waals surface area (Å²) in [6, 6.07) is 10.8. The van der Waals surface area contributed by atoms with Crippen LogP contribution in [-0.2, 0) is 6.42 Å². The van der Waals surface area contributed by atoms with Crippen LogP contribution >= 0.6 is 11.3 Å². The molecule has 10 heteroatoms. The van der Waals surface area contributed by atoms with Crippen molar-refractivity contribution in [3.8, 4) is 0 Å². The predicted molar refractivity (Wildman–Crippen MR) is 120 cm³/mol. The number of para-hydroxylation sites is 1. The van der Waals surface area contributed by atoms with Crippen LogP contribution < -0.4 is 10.6 Å². The molecule has 3 unspecified atom stereocenters. The molecule has 0 fully saturated rings. The van der Waals surface area contributed by atoms with Crippen LogP contribution in [0, 0.1) is 0 Å². The van der Waals surface area contributed by atoms with Gasteiger partial charge in [0.1, 0.15) is 0 Å². The zero-order chi connectivity index (χ0) is 23.0. The van der Waals surface area contributed by atoms with Gasteiger partial charge in [-0.15, -0.1) is 11.3 Å². The van der Waals surface area contributed by atoms with E-state index in [-0.39, 0.29) is 24.3 Å². The number of alkyl halides is 3. The maximum atomic E-state index is 13.5. The Kier molecular flexibility index (Phi) is 5.61. The second-order valence-corrected chi connectivity index (χ2v) is 9.23. The maximum absolute atomic E-state index is 13.5. The Hall–Kier alpha value is -3.27. The molecule has 4 aromatic rings. The number of amides is 2. The van der Waals surface area contributed by atoms with Crippen LogP contribution in [0.5, 0.6) is 0 Å². The number of aromatic amines is 2. The number of rotatable bonds is 5. The SMILES string of the molecule is O=C(NCC(c1cccs1)c1c[nH]c2ccccc12)NC1Cc2[nH]ncc2C(C(F)(F)F)C1. The Labute approximate surface area is 191 Å². The van der Waals surface area contributed by atoms with Gasteiger partial charge in [0.2, 0.25) is 0 Å². The molecule has 0 spiro atoms. The number of thiophene rings is 1. The second-order valence-electron chi connectivity index (χ2n) is 8.25. The molecule has 0 bridgehead atoms. The molecule has 1 aliphatic rings. The van der Waals surface area contributed by atoms with E-state index in [2.05, 4.69) is 25.8 Å². The highest BCUT2D eigenvalue weighted by Gasteiger charge is 2.46. The van der Waals surface area contributed by atoms with E-state index in [1.54, 1.807) is 11.3 Å². The lowest BCUT2D eigenvalue weighted by molar-refractivity contribution is -0.154. The lowest BCUT2D eigenvalue weighted by Gasteiger charge is -2.31. The quantitative estimate of drug-likeness (QED) is 0.327. The van der Waals surface area contributed by atoms with E-state index in [9.17, 15) is 18.0 Å². The molecule has 2 amide bonds. The van der Waals surface area contributed by atoms with Crippen molar-refractivity contribution in [2.45, 2.75) is 36.9 Å². The Morgan fingerprint density at radius 1 is 1.24 bits per heavy atom. The van der Waals surface area contributed by atoms with E-state index in [4.69, 9.17) is 0 Å². The van der Waals surface area contributed by atoms with Crippen molar-refractivity contribution in [2.75, 3.05) is 6.54 Å². The number of aromatic nitrogens is 3. The molecule has 33 heavy (non-hydrogen) atoms. The van der Waals surface area contributed by atoms with Crippen molar-refractivity contribution in [2.24, 2.45) is 0 Å². The van der Waals surface area contributed by atoms with Crippen molar-refractivity contribution in [1.29, 1.82) is 0 Å². The van der Waals surface area contributed by atoms with E-state index in [1.807, 2.05) is 48.0 Å². The second kappa shape index (κ2) is 8.58. The zero-order valence-corrected chi connectivity index (χ0v) is 18.3. The third-order valence-corrected chi connectivity index (χ3v) is 7.16. The predicted octanol–water partition coefficient (Wildman–Crippen LogP) is 5.04. The van der Waals surface area contributed by atoms with Gasteiger partial charge in [0.25, 0.3) is 0 Å². The number of nitrogens with one attached hydrogen (secondary N) is 4. The highest BCUT2D eigenvalue weighted by molar-refractivity contribution is 7.10. The Morgan fingerprint density at radius 2 is 2.09 bits per heavy atom. The molecule has 3 aromatic heterocycles. The molecule has 3 atom stereocenters. The highest BCUT2D eigenvalue weighted by Crippen LogP contribution is 2.42. The van der Waals surface area contributed by atoms with Gasteiger partial charge in [0.05, 0.1) is 12.1 Å². The van der Waals surface area contributed by atoms with Gasteiger partial charge < -0.3 is 15.6 Å². The Morgan fingerprint density at radius 3 is 2.88 bits per heavy atom. The molecule has 0 radical (unpaired) electrons. The number of carbonyl (C=O) groups excluding carboxylic acids is 1. The summed E-state index contributed by atoms with van der Waals surface area (Å²) in [7, 11) is 0. The van der Waals surface area contributed by atoms with Gasteiger partial charge in [0, 0.05) is 58.2 Å². The number of halogens is 3. The van der Waals surface area contributed by atoms with E-state index in [1.165, 1.54) is 6.20 Å². The fraction of sp³-hybridized carbons (Fsp3) is 0.304. The number of benzene rings is 1. The van der Waals surface area contributed by atoms with Gasteiger partial charge in [-0.25, -0.2) is 4.79 Å². The van der Waals surface area contributed by atoms with Crippen LogP contribution in [0.1, 0.15) is 40.0 Å². The first-order valence-electron chi connectivity index (χ1n) is 10.6. The number of hydrogen-bond acceptors (Lipinski definition) is 3. The summed E-state index contributed by atoms with van der Waals surface area (Å²) < 4.78 is 40.6. The van der Waals surface area contributed by atoms with E-state index < -0.39 is 24.2 Å². The largest absolute Gasteiger partial charge is 0.395 e. The van der Waals surface area contributed by atoms with Crippen LogP contribution in [0.15, 0.2) is 54.2 Å². The summed E-state index contributed by atoms with van der Waals surface area (Å²) >= 11 is 1.60. The summed E-state index contributed by atoms with van der Waals surface area (Å²) in [5, 5.41) is 15.1. The zero-order valence-electron chi connectivity index (χ0n) is 17.4. The lowest BCUT2D eigenvalue weighted by atomic mass is 9.83. The van der Waals surface area contributed by atoms with Crippen molar-refractivity contribution >= 4 is 28.3 Å². The molecule has 3 heterocycles. The van der Waals surface area contributed by atoms with Gasteiger partial charge in [-0.2, -0.15) is 18.3 Å². The van der Waals surface area contributed by atoms with E-state index in [0.717, 1.165) is 21.3 Å². The monoisotopic (exact) mass is 473 g/mol. The molecular formula is C23H22F3N5OS. The van der Waals surface area contributed by atoms with Gasteiger partial charge in [-0.1, -0.05) is 24.3 Å². The highest BCUT2D eigenvalue weighted by atomic mass is 32.1.